The van der Waals surface area contributed by atoms with Crippen molar-refractivity contribution in [1.82, 2.24) is 10.6 Å². The molecule has 0 fully saturated rings. The second kappa shape index (κ2) is 30.8. The first-order valence-electron chi connectivity index (χ1n) is 17.5. The fourth-order valence-electron chi connectivity index (χ4n) is 4.29. The van der Waals surface area contributed by atoms with Crippen LogP contribution >= 0.6 is 23.5 Å². The summed E-state index contributed by atoms with van der Waals surface area (Å²) in [4.78, 5) is 44.0. The molecule has 0 unspecified atom stereocenters. The molecule has 4 N–H and O–H groups in total. The van der Waals surface area contributed by atoms with E-state index in [1.807, 2.05) is 0 Å². The van der Waals surface area contributed by atoms with E-state index in [0.717, 1.165) is 62.9 Å². The lowest BCUT2D eigenvalue weighted by Crippen LogP contribution is -2.41. The normalized spacial score (nSPS) is 13.3. The number of hydrogen-bond acceptors (Lipinski definition) is 6. The number of carbonyl (C=O) groups is 4. The number of carbonyl (C=O) groups excluding carboxylic acids is 2. The van der Waals surface area contributed by atoms with Crippen molar-refractivity contribution in [2.45, 2.75) is 133 Å². The molecule has 0 aliphatic carbocycles. The van der Waals surface area contributed by atoms with E-state index in [2.05, 4.69) is 102 Å². The lowest BCUT2D eigenvalue weighted by atomic mass is 10.1. The van der Waals surface area contributed by atoms with Crippen molar-refractivity contribution >= 4 is 47.3 Å². The Morgan fingerprint density at radius 3 is 1.02 bits per heavy atom. The summed E-state index contributed by atoms with van der Waals surface area (Å²) in [5.74, 6) is -0.326. The van der Waals surface area contributed by atoms with Crippen molar-refractivity contribution in [2.24, 2.45) is 0 Å². The molecule has 0 saturated carbocycles. The number of hydrogen-bond donors (Lipinski definition) is 4. The van der Waals surface area contributed by atoms with Gasteiger partial charge in [-0.05, 0) is 107 Å². The van der Waals surface area contributed by atoms with E-state index in [1.165, 1.54) is 70.8 Å². The van der Waals surface area contributed by atoms with Gasteiger partial charge in [-0.15, -0.1) is 0 Å². The first-order valence-corrected chi connectivity index (χ1v) is 19.8. The maximum atomic E-state index is 11.0. The third-order valence-corrected chi connectivity index (χ3v) is 9.21. The van der Waals surface area contributed by atoms with Gasteiger partial charge in [0.25, 0.3) is 0 Å². The SMILES string of the molecule is CC(=O)N[C@@H](CSCC=C(C)CCC=C(C)CCC=C(C)C)C(=O)O.CC(=O)N[C@H](CSCC=C(C)CCC=C(C)CCC=C(C)C)C(=O)O. The second-order valence-corrected chi connectivity index (χ2v) is 15.3. The van der Waals surface area contributed by atoms with Crippen LogP contribution in [0.25, 0.3) is 0 Å². The maximum Gasteiger partial charge on any atom is 0.327 e. The van der Waals surface area contributed by atoms with Crippen LogP contribution in [0.2, 0.25) is 0 Å². The largest absolute Gasteiger partial charge is 0.480 e. The number of nitrogens with one attached hydrogen (secondary N) is 2. The molecule has 0 saturated heterocycles. The van der Waals surface area contributed by atoms with Crippen molar-refractivity contribution in [3.63, 3.8) is 0 Å². The van der Waals surface area contributed by atoms with Crippen LogP contribution in [0.5, 0.6) is 0 Å². The Balaban J connectivity index is 0. The van der Waals surface area contributed by atoms with Crippen LogP contribution in [0.15, 0.2) is 69.9 Å². The lowest BCUT2D eigenvalue weighted by Gasteiger charge is -2.12. The van der Waals surface area contributed by atoms with Gasteiger partial charge in [0.1, 0.15) is 12.1 Å². The van der Waals surface area contributed by atoms with Crippen molar-refractivity contribution in [2.75, 3.05) is 23.0 Å². The number of aliphatic carboxylic acids is 2. The van der Waals surface area contributed by atoms with Gasteiger partial charge in [0, 0.05) is 36.9 Å². The summed E-state index contributed by atoms with van der Waals surface area (Å²) in [6, 6.07) is -1.63. The molecular formula is C40H66N2O6S2. The van der Waals surface area contributed by atoms with Gasteiger partial charge in [-0.3, -0.25) is 9.59 Å². The molecule has 0 spiro atoms. The number of rotatable bonds is 24. The fourth-order valence-corrected chi connectivity index (χ4v) is 6.29. The molecule has 0 bridgehead atoms. The van der Waals surface area contributed by atoms with E-state index in [1.54, 1.807) is 0 Å². The zero-order valence-electron chi connectivity index (χ0n) is 32.4. The van der Waals surface area contributed by atoms with Gasteiger partial charge in [0.05, 0.1) is 0 Å². The molecule has 0 aliphatic heterocycles. The standard InChI is InChI=1S/2C20H33NO3S/c2*1-15(2)8-6-9-16(3)10-7-11-17(4)12-13-25-14-19(20(23)24)21-18(5)22/h2*8,10,12,19H,6-7,9,11,13-14H2,1-5H3,(H,21,22)(H,23,24)/t2*19-/m10/s1. The van der Waals surface area contributed by atoms with E-state index in [9.17, 15) is 19.2 Å². The highest BCUT2D eigenvalue weighted by Gasteiger charge is 2.18. The second-order valence-electron chi connectivity index (χ2n) is 13.2. The highest BCUT2D eigenvalue weighted by molar-refractivity contribution is 7.99. The molecule has 0 aromatic rings. The van der Waals surface area contributed by atoms with Crippen molar-refractivity contribution < 1.29 is 29.4 Å². The minimum atomic E-state index is -0.989. The summed E-state index contributed by atoms with van der Waals surface area (Å²) in [5.41, 5.74) is 8.22. The van der Waals surface area contributed by atoms with Crippen LogP contribution < -0.4 is 10.6 Å². The predicted octanol–water partition coefficient (Wildman–Crippen LogP) is 9.46. The van der Waals surface area contributed by atoms with Crippen LogP contribution in [0, 0.1) is 0 Å². The third-order valence-electron chi connectivity index (χ3n) is 7.26. The Hall–Kier alpha value is -2.98. The van der Waals surface area contributed by atoms with Crippen LogP contribution in [0.1, 0.15) is 121 Å². The molecule has 0 aliphatic rings. The van der Waals surface area contributed by atoms with Gasteiger partial charge in [0.2, 0.25) is 11.8 Å². The number of thioether (sulfide) groups is 2. The quantitative estimate of drug-likeness (QED) is 0.0570. The predicted molar refractivity (Wildman–Crippen MR) is 216 cm³/mol. The Morgan fingerprint density at radius 2 is 0.760 bits per heavy atom. The van der Waals surface area contributed by atoms with E-state index >= 15 is 0 Å². The van der Waals surface area contributed by atoms with Gasteiger partial charge in [-0.1, -0.05) is 69.9 Å². The molecule has 2 atom stereocenters. The van der Waals surface area contributed by atoms with E-state index in [4.69, 9.17) is 10.2 Å². The molecule has 0 radical (unpaired) electrons. The molecule has 8 nitrogen and oxygen atoms in total. The summed E-state index contributed by atoms with van der Waals surface area (Å²) in [6.07, 6.45) is 22.0. The summed E-state index contributed by atoms with van der Waals surface area (Å²) in [5, 5.41) is 23.0. The number of carboxylic acid groups (broad SMARTS) is 2. The lowest BCUT2D eigenvalue weighted by molar-refractivity contribution is -0.141. The molecule has 10 heteroatoms. The molecule has 0 heterocycles. The van der Waals surface area contributed by atoms with Gasteiger partial charge >= 0.3 is 11.9 Å². The van der Waals surface area contributed by atoms with E-state index < -0.39 is 24.0 Å². The average molecular weight is 735 g/mol. The highest BCUT2D eigenvalue weighted by atomic mass is 32.2. The van der Waals surface area contributed by atoms with Crippen LogP contribution in [-0.4, -0.2) is 69.1 Å². The molecular weight excluding hydrogens is 669 g/mol. The Labute approximate surface area is 311 Å². The summed E-state index contributed by atoms with van der Waals surface area (Å²) >= 11 is 3.04. The smallest absolute Gasteiger partial charge is 0.327 e. The summed E-state index contributed by atoms with van der Waals surface area (Å²) in [6.45, 7) is 19.7. The molecule has 50 heavy (non-hydrogen) atoms. The van der Waals surface area contributed by atoms with Crippen LogP contribution in [-0.2, 0) is 19.2 Å². The highest BCUT2D eigenvalue weighted by Crippen LogP contribution is 2.14. The minimum Gasteiger partial charge on any atom is -0.480 e. The number of allylic oxidation sites excluding steroid dienone is 10. The molecule has 0 aromatic heterocycles. The van der Waals surface area contributed by atoms with Gasteiger partial charge in [-0.2, -0.15) is 23.5 Å². The van der Waals surface area contributed by atoms with Gasteiger partial charge < -0.3 is 20.8 Å². The topological polar surface area (TPSA) is 133 Å². The Bertz CT molecular complexity index is 1130. The third kappa shape index (κ3) is 33.5. The first kappa shape index (κ1) is 49.1. The zero-order valence-corrected chi connectivity index (χ0v) is 34.1. The molecule has 0 rings (SSSR count). The van der Waals surface area contributed by atoms with E-state index in [0.29, 0.717) is 11.5 Å². The summed E-state index contributed by atoms with van der Waals surface area (Å²) < 4.78 is 0. The fraction of sp³-hybridized carbons (Fsp3) is 0.600. The van der Waals surface area contributed by atoms with Crippen molar-refractivity contribution in [1.29, 1.82) is 0 Å². The Morgan fingerprint density at radius 1 is 0.480 bits per heavy atom. The van der Waals surface area contributed by atoms with E-state index in [-0.39, 0.29) is 11.8 Å². The van der Waals surface area contributed by atoms with Gasteiger partial charge in [0.15, 0.2) is 0 Å². The minimum absolute atomic E-state index is 0.313. The van der Waals surface area contributed by atoms with Crippen LogP contribution in [0.3, 0.4) is 0 Å². The number of amides is 2. The zero-order chi connectivity index (χ0) is 38.5. The number of carboxylic acids is 2. The molecule has 2 amide bonds. The molecule has 0 aromatic carbocycles. The maximum absolute atomic E-state index is 11.0. The van der Waals surface area contributed by atoms with Crippen LogP contribution in [0.4, 0.5) is 0 Å². The van der Waals surface area contributed by atoms with Crippen molar-refractivity contribution in [3.8, 4) is 0 Å². The average Bonchev–Trinajstić information content (AvgIpc) is 2.99. The van der Waals surface area contributed by atoms with Gasteiger partial charge in [-0.25, -0.2) is 9.59 Å². The monoisotopic (exact) mass is 734 g/mol. The first-order chi connectivity index (χ1) is 23.4. The Kier molecular flexibility index (Phi) is 30.3. The molecule has 284 valence electrons. The van der Waals surface area contributed by atoms with Crippen molar-refractivity contribution in [3.05, 3.63) is 69.9 Å². The summed E-state index contributed by atoms with van der Waals surface area (Å²) in [7, 11) is 0.